The summed E-state index contributed by atoms with van der Waals surface area (Å²) in [7, 11) is 0. The van der Waals surface area contributed by atoms with Gasteiger partial charge < -0.3 is 4.74 Å². The largest absolute Gasteiger partial charge is 0.378 e. The number of benzene rings is 1. The zero-order chi connectivity index (χ0) is 22.8. The number of aryl methyl sites for hydroxylation is 1. The number of hydrogen-bond donors (Lipinski definition) is 0. The zero-order valence-electron chi connectivity index (χ0n) is 19.5. The van der Waals surface area contributed by atoms with Gasteiger partial charge in [0.1, 0.15) is 23.3 Å². The minimum atomic E-state index is -0.745. The van der Waals surface area contributed by atoms with Crippen LogP contribution >= 0.6 is 0 Å². The first kappa shape index (κ1) is 24.9. The fraction of sp³-hybridized carbons (Fsp3) is 0.679. The molecule has 1 aromatic rings. The average molecular weight is 444 g/mol. The predicted molar refractivity (Wildman–Crippen MR) is 125 cm³/mol. The van der Waals surface area contributed by atoms with Crippen molar-refractivity contribution in [2.24, 2.45) is 17.8 Å². The third-order valence-corrected chi connectivity index (χ3v) is 7.65. The summed E-state index contributed by atoms with van der Waals surface area (Å²) in [4.78, 5) is 0. The fourth-order valence-corrected chi connectivity index (χ4v) is 5.52. The first-order valence-electron chi connectivity index (χ1n) is 12.7. The van der Waals surface area contributed by atoms with E-state index in [1.807, 2.05) is 6.08 Å². The normalized spacial score (nSPS) is 25.9. The van der Waals surface area contributed by atoms with Crippen LogP contribution in [0.2, 0.25) is 0 Å². The minimum absolute atomic E-state index is 0.457. The van der Waals surface area contributed by atoms with Gasteiger partial charge in [-0.3, -0.25) is 0 Å². The van der Waals surface area contributed by atoms with Gasteiger partial charge in [0.25, 0.3) is 0 Å². The molecule has 0 radical (unpaired) electrons. The predicted octanol–water partition coefficient (Wildman–Crippen LogP) is 7.90. The van der Waals surface area contributed by atoms with Gasteiger partial charge in [-0.25, -0.2) is 8.78 Å². The highest BCUT2D eigenvalue weighted by Crippen LogP contribution is 2.34. The molecule has 0 saturated heterocycles. The van der Waals surface area contributed by atoms with Gasteiger partial charge in [-0.15, -0.1) is 6.58 Å². The van der Waals surface area contributed by atoms with E-state index in [2.05, 4.69) is 6.58 Å². The van der Waals surface area contributed by atoms with Crippen molar-refractivity contribution in [1.82, 2.24) is 0 Å². The van der Waals surface area contributed by atoms with Crippen LogP contribution in [0, 0.1) is 40.7 Å². The molecule has 2 nitrogen and oxygen atoms in total. The lowest BCUT2D eigenvalue weighted by atomic mass is 9.79. The number of nitriles is 1. The van der Waals surface area contributed by atoms with Gasteiger partial charge in [0.05, 0.1) is 6.10 Å². The van der Waals surface area contributed by atoms with Crippen LogP contribution in [-0.4, -0.2) is 12.7 Å². The van der Waals surface area contributed by atoms with Crippen molar-refractivity contribution >= 4 is 0 Å². The molecule has 0 bridgehead atoms. The molecule has 0 spiro atoms. The van der Waals surface area contributed by atoms with E-state index in [-0.39, 0.29) is 0 Å². The lowest BCUT2D eigenvalue weighted by molar-refractivity contribution is -0.0103. The molecule has 3 rings (SSSR count). The molecule has 4 heteroatoms. The first-order valence-corrected chi connectivity index (χ1v) is 12.7. The Labute approximate surface area is 193 Å². The summed E-state index contributed by atoms with van der Waals surface area (Å²) in [5.74, 6) is 0.681. The van der Waals surface area contributed by atoms with Crippen molar-refractivity contribution < 1.29 is 13.5 Å². The van der Waals surface area contributed by atoms with Gasteiger partial charge in [0, 0.05) is 6.61 Å². The molecule has 2 fully saturated rings. The lowest BCUT2D eigenvalue weighted by Gasteiger charge is -2.32. The number of ether oxygens (including phenoxy) is 1. The van der Waals surface area contributed by atoms with Gasteiger partial charge in [-0.1, -0.05) is 31.8 Å². The average Bonchev–Trinajstić information content (AvgIpc) is 2.80. The number of nitrogens with zero attached hydrogens (tertiary/aromatic N) is 1. The third kappa shape index (κ3) is 7.69. The summed E-state index contributed by atoms with van der Waals surface area (Å²) >= 11 is 0. The first-order chi connectivity index (χ1) is 15.6. The van der Waals surface area contributed by atoms with E-state index in [0.29, 0.717) is 29.9 Å². The van der Waals surface area contributed by atoms with Crippen molar-refractivity contribution in [3.05, 3.63) is 47.5 Å². The third-order valence-electron chi connectivity index (χ3n) is 7.65. The zero-order valence-corrected chi connectivity index (χ0v) is 19.5. The highest BCUT2D eigenvalue weighted by Gasteiger charge is 2.25. The van der Waals surface area contributed by atoms with Gasteiger partial charge in [-0.05, 0) is 99.7 Å². The number of hydrogen-bond acceptors (Lipinski definition) is 2. The van der Waals surface area contributed by atoms with Crippen molar-refractivity contribution in [3.8, 4) is 6.07 Å². The van der Waals surface area contributed by atoms with E-state index in [4.69, 9.17) is 10.00 Å². The van der Waals surface area contributed by atoms with Crippen LogP contribution in [0.25, 0.3) is 0 Å². The van der Waals surface area contributed by atoms with Crippen molar-refractivity contribution in [1.29, 1.82) is 5.26 Å². The summed E-state index contributed by atoms with van der Waals surface area (Å²) < 4.78 is 33.9. The molecule has 0 amide bonds. The van der Waals surface area contributed by atoms with Crippen LogP contribution in [0.3, 0.4) is 0 Å². The summed E-state index contributed by atoms with van der Waals surface area (Å²) in [6.45, 7) is 4.70. The maximum absolute atomic E-state index is 13.8. The van der Waals surface area contributed by atoms with Crippen LogP contribution in [-0.2, 0) is 11.2 Å². The van der Waals surface area contributed by atoms with E-state index >= 15 is 0 Å². The van der Waals surface area contributed by atoms with E-state index in [1.165, 1.54) is 82.8 Å². The van der Waals surface area contributed by atoms with E-state index in [9.17, 15) is 8.78 Å². The second-order valence-electron chi connectivity index (χ2n) is 10.0. The number of halogens is 2. The van der Waals surface area contributed by atoms with Crippen molar-refractivity contribution in [2.45, 2.75) is 96.0 Å². The Hall–Kier alpha value is -1.73. The highest BCUT2D eigenvalue weighted by molar-refractivity contribution is 5.35. The summed E-state index contributed by atoms with van der Waals surface area (Å²) in [5, 5.41) is 8.79. The van der Waals surface area contributed by atoms with Gasteiger partial charge >= 0.3 is 0 Å². The molecule has 2 saturated carbocycles. The maximum atomic E-state index is 13.8. The molecule has 0 unspecified atom stereocenters. The van der Waals surface area contributed by atoms with Crippen LogP contribution in [0.5, 0.6) is 0 Å². The second-order valence-corrected chi connectivity index (χ2v) is 10.0. The van der Waals surface area contributed by atoms with Gasteiger partial charge in [-0.2, -0.15) is 5.26 Å². The van der Waals surface area contributed by atoms with Gasteiger partial charge in [0.15, 0.2) is 0 Å². The van der Waals surface area contributed by atoms with Crippen LogP contribution in [0.15, 0.2) is 24.8 Å². The molecular formula is C28H39F2NO. The molecule has 1 aromatic carbocycles. The molecule has 2 aliphatic rings. The number of unbranched alkanes of at least 4 members (excludes halogenated alkanes) is 2. The Bertz CT molecular complexity index is 732. The Morgan fingerprint density at radius 3 is 2.12 bits per heavy atom. The summed E-state index contributed by atoms with van der Waals surface area (Å²) in [6.07, 6.45) is 19.1. The Morgan fingerprint density at radius 2 is 1.50 bits per heavy atom. The molecule has 0 N–H and O–H groups in total. The maximum Gasteiger partial charge on any atom is 0.144 e. The quantitative estimate of drug-likeness (QED) is 0.257. The number of allylic oxidation sites excluding steroid dienone is 1. The molecule has 2 aliphatic carbocycles. The standard InChI is InChI=1S/C28H39F2NO/c1-2-3-4-5-6-21-13-15-25(16-14-21)32-20-23-10-7-22(8-11-23)9-12-24-17-27(29)26(19-31)28(30)18-24/h2,17-18,21-23,25H,1,3-16,20H2. The smallest absolute Gasteiger partial charge is 0.144 e. The van der Waals surface area contributed by atoms with Crippen LogP contribution in [0.4, 0.5) is 8.78 Å². The van der Waals surface area contributed by atoms with Gasteiger partial charge in [0.2, 0.25) is 0 Å². The Morgan fingerprint density at radius 1 is 0.906 bits per heavy atom. The fourth-order valence-electron chi connectivity index (χ4n) is 5.52. The molecule has 0 atom stereocenters. The molecule has 0 heterocycles. The summed E-state index contributed by atoms with van der Waals surface area (Å²) in [5.41, 5.74) is 0.173. The lowest BCUT2D eigenvalue weighted by Crippen LogP contribution is -2.26. The second kappa shape index (κ2) is 13.1. The topological polar surface area (TPSA) is 33.0 Å². The molecule has 0 aliphatic heterocycles. The summed E-state index contributed by atoms with van der Waals surface area (Å²) in [6, 6.07) is 4.22. The van der Waals surface area contributed by atoms with Crippen LogP contribution in [0.1, 0.15) is 94.6 Å². The van der Waals surface area contributed by atoms with Crippen molar-refractivity contribution in [2.75, 3.05) is 6.61 Å². The van der Waals surface area contributed by atoms with E-state index in [1.54, 1.807) is 6.07 Å². The van der Waals surface area contributed by atoms with E-state index in [0.717, 1.165) is 25.4 Å². The van der Waals surface area contributed by atoms with Crippen LogP contribution < -0.4 is 0 Å². The Balaban J connectivity index is 1.28. The number of rotatable bonds is 11. The van der Waals surface area contributed by atoms with E-state index < -0.39 is 17.2 Å². The highest BCUT2D eigenvalue weighted by atomic mass is 19.1. The molecule has 32 heavy (non-hydrogen) atoms. The molecule has 0 aromatic heterocycles. The molecular weight excluding hydrogens is 404 g/mol. The SMILES string of the molecule is C=CCCCCC1CCC(OCC2CCC(CCc3cc(F)c(C#N)c(F)c3)CC2)CC1. The Kier molecular flexibility index (Phi) is 10.2. The van der Waals surface area contributed by atoms with Crippen molar-refractivity contribution in [3.63, 3.8) is 0 Å². The minimum Gasteiger partial charge on any atom is -0.378 e. The monoisotopic (exact) mass is 443 g/mol. The molecule has 176 valence electrons.